The molecule has 8 nitrogen and oxygen atoms in total. The summed E-state index contributed by atoms with van der Waals surface area (Å²) in [6.07, 6.45) is 1.66. The summed E-state index contributed by atoms with van der Waals surface area (Å²) in [4.78, 5) is 21.5. The average molecular weight is 290 g/mol. The van der Waals surface area contributed by atoms with Crippen LogP contribution in [0.4, 0.5) is 5.69 Å². The van der Waals surface area contributed by atoms with E-state index in [0.29, 0.717) is 12.1 Å². The monoisotopic (exact) mass is 290 g/mol. The number of nitrogens with zero attached hydrogens (tertiary/aromatic N) is 3. The molecule has 2 N–H and O–H groups in total. The predicted octanol–water partition coefficient (Wildman–Crippen LogP) is 1.32. The third-order valence-corrected chi connectivity index (χ3v) is 3.08. The first-order valence-corrected chi connectivity index (χ1v) is 6.18. The highest BCUT2D eigenvalue weighted by Gasteiger charge is 2.22. The van der Waals surface area contributed by atoms with E-state index in [0.717, 1.165) is 5.69 Å². The summed E-state index contributed by atoms with van der Waals surface area (Å²) in [5.74, 6) is -1.31. The van der Waals surface area contributed by atoms with Crippen molar-refractivity contribution in [2.75, 3.05) is 0 Å². The third kappa shape index (κ3) is 3.23. The van der Waals surface area contributed by atoms with E-state index in [1.165, 1.54) is 12.1 Å². The smallest absolute Gasteiger partial charge is 0.343 e. The van der Waals surface area contributed by atoms with Gasteiger partial charge in [0.15, 0.2) is 0 Å². The van der Waals surface area contributed by atoms with Gasteiger partial charge in [0.25, 0.3) is 5.69 Å². The van der Waals surface area contributed by atoms with Gasteiger partial charge in [0.2, 0.25) is 0 Å². The number of nitro groups is 1. The number of hydrogen-bond donors (Lipinski definition) is 2. The van der Waals surface area contributed by atoms with Gasteiger partial charge in [-0.15, -0.1) is 0 Å². The molecule has 0 saturated carbocycles. The van der Waals surface area contributed by atoms with E-state index in [1.54, 1.807) is 24.0 Å². The fourth-order valence-corrected chi connectivity index (χ4v) is 2.03. The molecule has 1 heterocycles. The van der Waals surface area contributed by atoms with Gasteiger partial charge in [-0.3, -0.25) is 14.8 Å². The molecule has 0 spiro atoms. The molecular weight excluding hydrogens is 276 g/mol. The molecule has 2 rings (SSSR count). The molecule has 110 valence electrons. The van der Waals surface area contributed by atoms with Gasteiger partial charge in [0.05, 0.1) is 10.6 Å². The molecule has 0 aliphatic rings. The second-order valence-corrected chi connectivity index (χ2v) is 4.42. The molecule has 0 fully saturated rings. The van der Waals surface area contributed by atoms with Gasteiger partial charge in [-0.25, -0.2) is 4.79 Å². The number of nitro benzene ring substituents is 1. The molecule has 2 aromatic rings. The Hall–Kier alpha value is -2.74. The minimum absolute atomic E-state index is 0.217. The summed E-state index contributed by atoms with van der Waals surface area (Å²) in [5.41, 5.74) is 0.624. The van der Waals surface area contributed by atoms with Gasteiger partial charge in [-0.1, -0.05) is 12.1 Å². The largest absolute Gasteiger partial charge is 0.477 e. The van der Waals surface area contributed by atoms with Crippen molar-refractivity contribution < 1.29 is 14.8 Å². The molecule has 0 bridgehead atoms. The van der Waals surface area contributed by atoms with Gasteiger partial charge in [0, 0.05) is 32.4 Å². The van der Waals surface area contributed by atoms with Crippen LogP contribution in [0.2, 0.25) is 0 Å². The first-order chi connectivity index (χ1) is 10.0. The molecule has 0 radical (unpaired) electrons. The van der Waals surface area contributed by atoms with Gasteiger partial charge in [0.1, 0.15) is 5.56 Å². The normalized spacial score (nSPS) is 10.5. The van der Waals surface area contributed by atoms with Crippen molar-refractivity contribution in [3.63, 3.8) is 0 Å². The summed E-state index contributed by atoms with van der Waals surface area (Å²) < 4.78 is 1.69. The van der Waals surface area contributed by atoms with Crippen molar-refractivity contribution in [2.45, 2.75) is 13.1 Å². The Morgan fingerprint density at radius 3 is 2.76 bits per heavy atom. The number of nitrogens with one attached hydrogen (secondary N) is 1. The molecule has 0 unspecified atom stereocenters. The Morgan fingerprint density at radius 1 is 1.43 bits per heavy atom. The Kier molecular flexibility index (Phi) is 4.29. The molecule has 1 aromatic heterocycles. The topological polar surface area (TPSA) is 110 Å². The van der Waals surface area contributed by atoms with Gasteiger partial charge >= 0.3 is 5.97 Å². The maximum absolute atomic E-state index is 11.2. The molecular formula is C13H14N4O4. The van der Waals surface area contributed by atoms with Gasteiger partial charge in [-0.2, -0.15) is 5.10 Å². The number of aromatic nitrogens is 2. The van der Waals surface area contributed by atoms with Crippen molar-refractivity contribution in [2.24, 2.45) is 7.05 Å². The van der Waals surface area contributed by atoms with E-state index in [-0.39, 0.29) is 12.1 Å². The highest BCUT2D eigenvalue weighted by Crippen LogP contribution is 2.22. The second-order valence-electron chi connectivity index (χ2n) is 4.42. The number of benzene rings is 1. The SMILES string of the molecule is Cn1nccc1CNCc1cccc([N+](=O)[O-])c1C(=O)O. The maximum atomic E-state index is 11.2. The van der Waals surface area contributed by atoms with Crippen molar-refractivity contribution in [3.05, 3.63) is 57.4 Å². The van der Waals surface area contributed by atoms with Crippen LogP contribution in [0.15, 0.2) is 30.5 Å². The van der Waals surface area contributed by atoms with Gasteiger partial charge < -0.3 is 10.4 Å². The van der Waals surface area contributed by atoms with E-state index < -0.39 is 16.6 Å². The van der Waals surface area contributed by atoms with E-state index >= 15 is 0 Å². The first kappa shape index (κ1) is 14.7. The Bertz CT molecular complexity index is 681. The minimum atomic E-state index is -1.31. The van der Waals surface area contributed by atoms with Crippen LogP contribution in [-0.2, 0) is 20.1 Å². The zero-order valence-electron chi connectivity index (χ0n) is 11.3. The molecule has 0 aliphatic carbocycles. The fraction of sp³-hybridized carbons (Fsp3) is 0.231. The minimum Gasteiger partial charge on any atom is -0.477 e. The number of carbonyl (C=O) groups is 1. The summed E-state index contributed by atoms with van der Waals surface area (Å²) in [6.45, 7) is 0.701. The van der Waals surface area contributed by atoms with Crippen LogP contribution in [0.5, 0.6) is 0 Å². The van der Waals surface area contributed by atoms with Crippen molar-refractivity contribution in [1.82, 2.24) is 15.1 Å². The first-order valence-electron chi connectivity index (χ1n) is 6.18. The van der Waals surface area contributed by atoms with Crippen LogP contribution in [0.1, 0.15) is 21.6 Å². The highest BCUT2D eigenvalue weighted by molar-refractivity contribution is 5.94. The predicted molar refractivity (Wildman–Crippen MR) is 73.8 cm³/mol. The number of aryl methyl sites for hydroxylation is 1. The average Bonchev–Trinajstić information content (AvgIpc) is 2.84. The molecule has 1 aromatic carbocycles. The van der Waals surface area contributed by atoms with Crippen LogP contribution in [0.3, 0.4) is 0 Å². The molecule has 0 atom stereocenters. The number of aromatic carboxylic acids is 1. The van der Waals surface area contributed by atoms with Crippen LogP contribution < -0.4 is 5.32 Å². The van der Waals surface area contributed by atoms with Crippen molar-refractivity contribution in [3.8, 4) is 0 Å². The van der Waals surface area contributed by atoms with Crippen LogP contribution in [0.25, 0.3) is 0 Å². The highest BCUT2D eigenvalue weighted by atomic mass is 16.6. The van der Waals surface area contributed by atoms with Crippen LogP contribution >= 0.6 is 0 Å². The van der Waals surface area contributed by atoms with Crippen LogP contribution in [0, 0.1) is 10.1 Å². The van der Waals surface area contributed by atoms with Gasteiger partial charge in [-0.05, 0) is 11.6 Å². The summed E-state index contributed by atoms with van der Waals surface area (Å²) in [5, 5.41) is 27.1. The second kappa shape index (κ2) is 6.14. The van der Waals surface area contributed by atoms with Crippen molar-refractivity contribution >= 4 is 11.7 Å². The fourth-order valence-electron chi connectivity index (χ4n) is 2.03. The van der Waals surface area contributed by atoms with E-state index in [2.05, 4.69) is 10.4 Å². The number of hydrogen-bond acceptors (Lipinski definition) is 5. The van der Waals surface area contributed by atoms with Crippen molar-refractivity contribution in [1.29, 1.82) is 0 Å². The summed E-state index contributed by atoms with van der Waals surface area (Å²) in [6, 6.07) is 6.06. The number of carboxylic acid groups (broad SMARTS) is 1. The zero-order chi connectivity index (χ0) is 15.4. The lowest BCUT2D eigenvalue weighted by Crippen LogP contribution is -2.18. The van der Waals surface area contributed by atoms with E-state index in [4.69, 9.17) is 0 Å². The van der Waals surface area contributed by atoms with E-state index in [1.807, 2.05) is 6.07 Å². The standard InChI is InChI=1S/C13H14N4O4/c1-16-10(5-6-15-16)8-14-7-9-3-2-4-11(17(20)21)12(9)13(18)19/h2-6,14H,7-8H2,1H3,(H,18,19). The Balaban J connectivity index is 2.16. The third-order valence-electron chi connectivity index (χ3n) is 3.08. The summed E-state index contributed by atoms with van der Waals surface area (Å²) >= 11 is 0. The number of rotatable bonds is 6. The zero-order valence-corrected chi connectivity index (χ0v) is 11.3. The Labute approximate surface area is 120 Å². The number of carboxylic acids is 1. The Morgan fingerprint density at radius 2 is 2.19 bits per heavy atom. The lowest BCUT2D eigenvalue weighted by molar-refractivity contribution is -0.385. The maximum Gasteiger partial charge on any atom is 0.343 e. The molecule has 8 heteroatoms. The lowest BCUT2D eigenvalue weighted by Gasteiger charge is -2.08. The molecule has 0 saturated heterocycles. The lowest BCUT2D eigenvalue weighted by atomic mass is 10.1. The van der Waals surface area contributed by atoms with Crippen LogP contribution in [-0.4, -0.2) is 25.8 Å². The molecule has 21 heavy (non-hydrogen) atoms. The quantitative estimate of drug-likeness (QED) is 0.613. The van der Waals surface area contributed by atoms with E-state index in [9.17, 15) is 20.0 Å². The summed E-state index contributed by atoms with van der Waals surface area (Å²) in [7, 11) is 1.80. The molecule has 0 aliphatic heterocycles. The molecule has 0 amide bonds.